The van der Waals surface area contributed by atoms with Gasteiger partial charge < -0.3 is 15.4 Å². The fourth-order valence-corrected chi connectivity index (χ4v) is 2.53. The number of ether oxygens (including phenoxy) is 1. The van der Waals surface area contributed by atoms with Crippen molar-refractivity contribution in [3.8, 4) is 0 Å². The number of nitrogens with zero attached hydrogens (tertiary/aromatic N) is 2. The van der Waals surface area contributed by atoms with Crippen LogP contribution in [0.3, 0.4) is 0 Å². The molecule has 1 aliphatic rings. The van der Waals surface area contributed by atoms with Gasteiger partial charge in [0.2, 0.25) is 0 Å². The number of nitrogens with one attached hydrogen (secondary N) is 1. The maximum Gasteiger partial charge on any atom is 0.142 e. The van der Waals surface area contributed by atoms with Crippen molar-refractivity contribution in [2.45, 2.75) is 19.4 Å². The third kappa shape index (κ3) is 4.01. The maximum absolute atomic E-state index is 7.55. The predicted molar refractivity (Wildman–Crippen MR) is 75.1 cm³/mol. The van der Waals surface area contributed by atoms with Gasteiger partial charge in [0.05, 0.1) is 0 Å². The van der Waals surface area contributed by atoms with Crippen LogP contribution in [0.25, 0.3) is 0 Å². The molecule has 0 saturated carbocycles. The van der Waals surface area contributed by atoms with Crippen LogP contribution in [-0.4, -0.2) is 42.5 Å². The van der Waals surface area contributed by atoms with Crippen LogP contribution >= 0.6 is 0 Å². The zero-order chi connectivity index (χ0) is 13.7. The number of nitrogens with two attached hydrogens (primary N) is 1. The Kier molecular flexibility index (Phi) is 4.87. The first kappa shape index (κ1) is 14.0. The van der Waals surface area contributed by atoms with Gasteiger partial charge in [-0.25, -0.2) is 0 Å². The Bertz CT molecular complexity index is 429. The Labute approximate surface area is 114 Å². The summed E-state index contributed by atoms with van der Waals surface area (Å²) in [5.41, 5.74) is 7.18. The molecule has 1 aromatic rings. The van der Waals surface area contributed by atoms with Gasteiger partial charge in [0.25, 0.3) is 0 Å². The molecule has 0 aliphatic carbocycles. The number of hydrogen-bond donors (Lipinski definition) is 2. The molecule has 5 heteroatoms. The molecule has 0 aromatic carbocycles. The highest BCUT2D eigenvalue weighted by atomic mass is 16.5. The molecule has 0 amide bonds. The van der Waals surface area contributed by atoms with Crippen molar-refractivity contribution in [3.63, 3.8) is 0 Å². The van der Waals surface area contributed by atoms with Gasteiger partial charge in [0, 0.05) is 32.5 Å². The molecule has 1 fully saturated rings. The van der Waals surface area contributed by atoms with E-state index in [1.165, 1.54) is 0 Å². The molecular formula is C14H22N4O. The highest BCUT2D eigenvalue weighted by molar-refractivity contribution is 5.94. The van der Waals surface area contributed by atoms with Gasteiger partial charge in [-0.15, -0.1) is 0 Å². The summed E-state index contributed by atoms with van der Waals surface area (Å²) in [6.07, 6.45) is 3.95. The Balaban J connectivity index is 1.94. The molecule has 3 N–H and O–H groups in total. The third-order valence-electron chi connectivity index (χ3n) is 3.50. The van der Waals surface area contributed by atoms with Gasteiger partial charge in [0.15, 0.2) is 0 Å². The summed E-state index contributed by atoms with van der Waals surface area (Å²) in [7, 11) is 2.10. The average molecular weight is 262 g/mol. The van der Waals surface area contributed by atoms with E-state index in [9.17, 15) is 0 Å². The Morgan fingerprint density at radius 3 is 2.95 bits per heavy atom. The number of pyridine rings is 1. The Morgan fingerprint density at radius 2 is 2.26 bits per heavy atom. The summed E-state index contributed by atoms with van der Waals surface area (Å²) in [6, 6.07) is 3.88. The normalized spacial score (nSPS) is 16.7. The fraction of sp³-hybridized carbons (Fsp3) is 0.571. The fourth-order valence-electron chi connectivity index (χ4n) is 2.53. The first-order valence-corrected chi connectivity index (χ1v) is 6.71. The number of aromatic nitrogens is 1. The van der Waals surface area contributed by atoms with Crippen LogP contribution in [0.15, 0.2) is 18.3 Å². The quantitative estimate of drug-likeness (QED) is 0.618. The second kappa shape index (κ2) is 6.63. The van der Waals surface area contributed by atoms with E-state index < -0.39 is 0 Å². The van der Waals surface area contributed by atoms with Crippen LogP contribution in [0.2, 0.25) is 0 Å². The molecule has 5 nitrogen and oxygen atoms in total. The van der Waals surface area contributed by atoms with Gasteiger partial charge in [-0.1, -0.05) is 6.07 Å². The van der Waals surface area contributed by atoms with Crippen LogP contribution in [0, 0.1) is 11.3 Å². The Morgan fingerprint density at radius 1 is 1.53 bits per heavy atom. The van der Waals surface area contributed by atoms with Gasteiger partial charge in [-0.05, 0) is 37.4 Å². The highest BCUT2D eigenvalue weighted by Gasteiger charge is 2.16. The summed E-state index contributed by atoms with van der Waals surface area (Å²) in [4.78, 5) is 6.46. The second-order valence-electron chi connectivity index (χ2n) is 5.18. The first-order chi connectivity index (χ1) is 9.16. The Hall–Kier alpha value is -1.46. The number of amidine groups is 1. The number of hydrogen-bond acceptors (Lipinski definition) is 4. The zero-order valence-corrected chi connectivity index (χ0v) is 11.4. The lowest BCUT2D eigenvalue weighted by Gasteiger charge is -2.27. The highest BCUT2D eigenvalue weighted by Crippen LogP contribution is 2.17. The van der Waals surface area contributed by atoms with Crippen LogP contribution in [0.1, 0.15) is 24.1 Å². The van der Waals surface area contributed by atoms with E-state index in [0.29, 0.717) is 11.6 Å². The van der Waals surface area contributed by atoms with Gasteiger partial charge >= 0.3 is 0 Å². The lowest BCUT2D eigenvalue weighted by molar-refractivity contribution is 0.0549. The van der Waals surface area contributed by atoms with Crippen molar-refractivity contribution in [3.05, 3.63) is 29.6 Å². The summed E-state index contributed by atoms with van der Waals surface area (Å²) in [6.45, 7) is 3.59. The van der Waals surface area contributed by atoms with Crippen molar-refractivity contribution in [1.29, 1.82) is 5.41 Å². The molecule has 0 atom stereocenters. The molecule has 1 aliphatic heterocycles. The van der Waals surface area contributed by atoms with Crippen molar-refractivity contribution < 1.29 is 4.74 Å². The van der Waals surface area contributed by atoms with E-state index in [4.69, 9.17) is 15.9 Å². The van der Waals surface area contributed by atoms with E-state index in [1.807, 2.05) is 12.1 Å². The topological polar surface area (TPSA) is 75.2 Å². The van der Waals surface area contributed by atoms with E-state index in [1.54, 1.807) is 6.20 Å². The van der Waals surface area contributed by atoms with Crippen LogP contribution in [-0.2, 0) is 11.3 Å². The number of nitrogen functional groups attached to an aromatic ring is 1. The predicted octanol–water partition coefficient (Wildman–Crippen LogP) is 1.22. The van der Waals surface area contributed by atoms with Gasteiger partial charge in [0.1, 0.15) is 11.5 Å². The van der Waals surface area contributed by atoms with Gasteiger partial charge in [-0.3, -0.25) is 10.4 Å². The van der Waals surface area contributed by atoms with E-state index in [2.05, 4.69) is 16.9 Å². The molecule has 0 radical (unpaired) electrons. The van der Waals surface area contributed by atoms with Gasteiger partial charge in [-0.2, -0.15) is 0 Å². The van der Waals surface area contributed by atoms with Crippen molar-refractivity contribution >= 4 is 5.84 Å². The second-order valence-corrected chi connectivity index (χ2v) is 5.18. The minimum atomic E-state index is 0.0371. The molecule has 19 heavy (non-hydrogen) atoms. The molecular weight excluding hydrogens is 240 g/mol. The molecule has 0 bridgehead atoms. The third-order valence-corrected chi connectivity index (χ3v) is 3.50. The van der Waals surface area contributed by atoms with Crippen LogP contribution in [0.5, 0.6) is 0 Å². The first-order valence-electron chi connectivity index (χ1n) is 6.71. The smallest absolute Gasteiger partial charge is 0.142 e. The standard InChI is InChI=1S/C14H22N4O/c1-18(9-11-4-7-19-8-5-11)10-12-3-2-6-17-13(12)14(15)16/h2-3,6,11H,4-5,7-10H2,1H3,(H3,15,16). The maximum atomic E-state index is 7.55. The largest absolute Gasteiger partial charge is 0.382 e. The summed E-state index contributed by atoms with van der Waals surface area (Å²) in [5.74, 6) is 0.742. The van der Waals surface area contributed by atoms with Crippen LogP contribution in [0.4, 0.5) is 0 Å². The number of rotatable bonds is 5. The van der Waals surface area contributed by atoms with Crippen molar-refractivity contribution in [1.82, 2.24) is 9.88 Å². The summed E-state index contributed by atoms with van der Waals surface area (Å²) < 4.78 is 5.38. The minimum absolute atomic E-state index is 0.0371. The molecule has 0 spiro atoms. The minimum Gasteiger partial charge on any atom is -0.382 e. The lowest BCUT2D eigenvalue weighted by atomic mass is 9.99. The van der Waals surface area contributed by atoms with E-state index in [-0.39, 0.29) is 5.84 Å². The molecule has 2 heterocycles. The molecule has 0 unspecified atom stereocenters. The zero-order valence-electron chi connectivity index (χ0n) is 11.4. The van der Waals surface area contributed by atoms with E-state index >= 15 is 0 Å². The van der Waals surface area contributed by atoms with E-state index in [0.717, 1.165) is 44.7 Å². The van der Waals surface area contributed by atoms with Crippen molar-refractivity contribution in [2.24, 2.45) is 11.7 Å². The SMILES string of the molecule is CN(Cc1cccnc1C(=N)N)CC1CCOCC1. The molecule has 104 valence electrons. The molecule has 1 aromatic heterocycles. The summed E-state index contributed by atoms with van der Waals surface area (Å²) >= 11 is 0. The lowest BCUT2D eigenvalue weighted by Crippen LogP contribution is -2.30. The van der Waals surface area contributed by atoms with Crippen molar-refractivity contribution in [2.75, 3.05) is 26.8 Å². The molecule has 1 saturated heterocycles. The monoisotopic (exact) mass is 262 g/mol. The summed E-state index contributed by atoms with van der Waals surface area (Å²) in [5, 5.41) is 7.55. The molecule has 2 rings (SSSR count). The average Bonchev–Trinajstić information content (AvgIpc) is 2.40. The van der Waals surface area contributed by atoms with Crippen LogP contribution < -0.4 is 5.73 Å².